The van der Waals surface area contributed by atoms with E-state index in [-0.39, 0.29) is 24.8 Å². The van der Waals surface area contributed by atoms with Crippen LogP contribution >= 0.6 is 0 Å². The lowest BCUT2D eigenvalue weighted by atomic mass is 10.0. The smallest absolute Gasteiger partial charge is 0.247 e. The second-order valence-electron chi connectivity index (χ2n) is 7.35. The molecule has 3 rings (SSSR count). The number of nitrogens with one attached hydrogen (secondary N) is 1. The Morgan fingerprint density at radius 3 is 1.94 bits per heavy atom. The molecule has 0 bridgehead atoms. The standard InChI is InChI=1S/C26H28N2O3/c29-18-10-17-27-26(31)25(23-15-8-3-9-16-23)28(20-22-13-6-2-7-14-22)24(30)19-21-11-4-1-5-12-21/h1-9,11-16,25,29H,10,17-20H2,(H,27,31)/t25-/m1/s1. The molecular formula is C26H28N2O3. The van der Waals surface area contributed by atoms with E-state index in [1.807, 2.05) is 91.0 Å². The van der Waals surface area contributed by atoms with Gasteiger partial charge in [0.25, 0.3) is 0 Å². The van der Waals surface area contributed by atoms with E-state index in [0.717, 1.165) is 16.7 Å². The fourth-order valence-electron chi connectivity index (χ4n) is 3.47. The Morgan fingerprint density at radius 2 is 1.35 bits per heavy atom. The summed E-state index contributed by atoms with van der Waals surface area (Å²) in [4.78, 5) is 28.3. The van der Waals surface area contributed by atoms with Crippen molar-refractivity contribution in [1.29, 1.82) is 0 Å². The molecule has 2 amide bonds. The van der Waals surface area contributed by atoms with Crippen molar-refractivity contribution in [3.8, 4) is 0 Å². The Balaban J connectivity index is 1.94. The molecule has 160 valence electrons. The lowest BCUT2D eigenvalue weighted by Crippen LogP contribution is -2.44. The minimum Gasteiger partial charge on any atom is -0.396 e. The molecule has 5 nitrogen and oxygen atoms in total. The van der Waals surface area contributed by atoms with Gasteiger partial charge in [0.1, 0.15) is 6.04 Å². The van der Waals surface area contributed by atoms with Gasteiger partial charge in [-0.25, -0.2) is 0 Å². The van der Waals surface area contributed by atoms with Gasteiger partial charge in [0.15, 0.2) is 0 Å². The topological polar surface area (TPSA) is 69.6 Å². The van der Waals surface area contributed by atoms with Gasteiger partial charge in [-0.1, -0.05) is 91.0 Å². The predicted molar refractivity (Wildman–Crippen MR) is 121 cm³/mol. The molecule has 0 aliphatic carbocycles. The molecule has 3 aromatic carbocycles. The summed E-state index contributed by atoms with van der Waals surface area (Å²) in [5.74, 6) is -0.377. The van der Waals surface area contributed by atoms with Crippen molar-refractivity contribution in [2.75, 3.05) is 13.2 Å². The van der Waals surface area contributed by atoms with Crippen LogP contribution < -0.4 is 5.32 Å². The zero-order chi connectivity index (χ0) is 21.9. The van der Waals surface area contributed by atoms with Gasteiger partial charge < -0.3 is 15.3 Å². The summed E-state index contributed by atoms with van der Waals surface area (Å²) >= 11 is 0. The number of hydrogen-bond donors (Lipinski definition) is 2. The highest BCUT2D eigenvalue weighted by Gasteiger charge is 2.31. The van der Waals surface area contributed by atoms with Gasteiger partial charge in [0.05, 0.1) is 6.42 Å². The molecule has 0 radical (unpaired) electrons. The third-order valence-electron chi connectivity index (χ3n) is 5.02. The first-order valence-corrected chi connectivity index (χ1v) is 10.5. The maximum atomic E-state index is 13.5. The van der Waals surface area contributed by atoms with Crippen LogP contribution in [0.4, 0.5) is 0 Å². The van der Waals surface area contributed by atoms with Crippen LogP contribution in [0.3, 0.4) is 0 Å². The lowest BCUT2D eigenvalue weighted by molar-refractivity contribution is -0.141. The predicted octanol–water partition coefficient (Wildman–Crippen LogP) is 3.50. The summed E-state index contributed by atoms with van der Waals surface area (Å²) < 4.78 is 0. The number of aliphatic hydroxyl groups is 1. The van der Waals surface area contributed by atoms with Crippen LogP contribution in [0.2, 0.25) is 0 Å². The summed E-state index contributed by atoms with van der Waals surface area (Å²) in [7, 11) is 0. The number of aliphatic hydroxyl groups excluding tert-OH is 1. The molecular weight excluding hydrogens is 388 g/mol. The molecule has 0 saturated carbocycles. The second-order valence-corrected chi connectivity index (χ2v) is 7.35. The molecule has 0 aliphatic rings. The van der Waals surface area contributed by atoms with Gasteiger partial charge >= 0.3 is 0 Å². The van der Waals surface area contributed by atoms with Gasteiger partial charge in [0.2, 0.25) is 11.8 Å². The zero-order valence-electron chi connectivity index (χ0n) is 17.5. The van der Waals surface area contributed by atoms with Crippen LogP contribution in [-0.4, -0.2) is 35.0 Å². The third kappa shape index (κ3) is 6.52. The van der Waals surface area contributed by atoms with Gasteiger partial charge in [0, 0.05) is 19.7 Å². The van der Waals surface area contributed by atoms with E-state index >= 15 is 0 Å². The number of carbonyl (C=O) groups is 2. The Labute approximate surface area is 183 Å². The number of amides is 2. The SMILES string of the molecule is O=C(NCCCO)[C@@H](c1ccccc1)N(Cc1ccccc1)C(=O)Cc1ccccc1. The summed E-state index contributed by atoms with van der Waals surface area (Å²) in [5.41, 5.74) is 2.60. The average Bonchev–Trinajstić information content (AvgIpc) is 2.81. The molecule has 5 heteroatoms. The van der Waals surface area contributed by atoms with Crippen molar-refractivity contribution in [3.05, 3.63) is 108 Å². The Kier molecular flexibility index (Phi) is 8.38. The number of rotatable bonds is 10. The van der Waals surface area contributed by atoms with Gasteiger partial charge in [-0.05, 0) is 23.1 Å². The molecule has 31 heavy (non-hydrogen) atoms. The zero-order valence-corrected chi connectivity index (χ0v) is 17.5. The molecule has 0 aromatic heterocycles. The Bertz CT molecular complexity index is 946. The largest absolute Gasteiger partial charge is 0.396 e. The molecule has 0 saturated heterocycles. The highest BCUT2D eigenvalue weighted by atomic mass is 16.3. The highest BCUT2D eigenvalue weighted by Crippen LogP contribution is 2.25. The maximum Gasteiger partial charge on any atom is 0.247 e. The van der Waals surface area contributed by atoms with Crippen molar-refractivity contribution < 1.29 is 14.7 Å². The van der Waals surface area contributed by atoms with Crippen LogP contribution in [-0.2, 0) is 22.6 Å². The van der Waals surface area contributed by atoms with E-state index in [1.54, 1.807) is 4.90 Å². The van der Waals surface area contributed by atoms with E-state index in [1.165, 1.54) is 0 Å². The van der Waals surface area contributed by atoms with E-state index in [2.05, 4.69) is 5.32 Å². The fraction of sp³-hybridized carbons (Fsp3) is 0.231. The van der Waals surface area contributed by atoms with E-state index in [9.17, 15) is 9.59 Å². The van der Waals surface area contributed by atoms with Crippen LogP contribution in [0, 0.1) is 0 Å². The number of nitrogens with zero attached hydrogens (tertiary/aromatic N) is 1. The van der Waals surface area contributed by atoms with Crippen molar-refractivity contribution in [1.82, 2.24) is 10.2 Å². The molecule has 0 fully saturated rings. The minimum absolute atomic E-state index is 0.00302. The molecule has 3 aromatic rings. The molecule has 0 heterocycles. The molecule has 2 N–H and O–H groups in total. The van der Waals surface area contributed by atoms with Crippen molar-refractivity contribution in [2.24, 2.45) is 0 Å². The number of carbonyl (C=O) groups excluding carboxylic acids is 2. The number of benzene rings is 3. The molecule has 0 spiro atoms. The quantitative estimate of drug-likeness (QED) is 0.497. The maximum absolute atomic E-state index is 13.5. The van der Waals surface area contributed by atoms with Crippen molar-refractivity contribution >= 4 is 11.8 Å². The van der Waals surface area contributed by atoms with Crippen LogP contribution in [0.15, 0.2) is 91.0 Å². The summed E-state index contributed by atoms with van der Waals surface area (Å²) in [6, 6.07) is 27.8. The summed E-state index contributed by atoms with van der Waals surface area (Å²) in [6.45, 7) is 0.668. The third-order valence-corrected chi connectivity index (χ3v) is 5.02. The van der Waals surface area contributed by atoms with E-state index in [0.29, 0.717) is 19.5 Å². The monoisotopic (exact) mass is 416 g/mol. The fourth-order valence-corrected chi connectivity index (χ4v) is 3.47. The molecule has 0 aliphatic heterocycles. The first-order valence-electron chi connectivity index (χ1n) is 10.5. The summed E-state index contributed by atoms with van der Waals surface area (Å²) in [5, 5.41) is 11.9. The second kappa shape index (κ2) is 11.7. The van der Waals surface area contributed by atoms with Crippen molar-refractivity contribution in [3.63, 3.8) is 0 Å². The molecule has 1 atom stereocenters. The average molecular weight is 417 g/mol. The van der Waals surface area contributed by atoms with Gasteiger partial charge in [-0.3, -0.25) is 9.59 Å². The van der Waals surface area contributed by atoms with Gasteiger partial charge in [-0.15, -0.1) is 0 Å². The Morgan fingerprint density at radius 1 is 0.806 bits per heavy atom. The first kappa shape index (κ1) is 22.2. The first-order chi connectivity index (χ1) is 15.2. The van der Waals surface area contributed by atoms with Crippen LogP contribution in [0.5, 0.6) is 0 Å². The van der Waals surface area contributed by atoms with Crippen molar-refractivity contribution in [2.45, 2.75) is 25.4 Å². The molecule has 0 unspecified atom stereocenters. The summed E-state index contributed by atoms with van der Waals surface area (Å²) in [6.07, 6.45) is 0.671. The van der Waals surface area contributed by atoms with E-state index in [4.69, 9.17) is 5.11 Å². The number of hydrogen-bond acceptors (Lipinski definition) is 3. The highest BCUT2D eigenvalue weighted by molar-refractivity contribution is 5.89. The normalized spacial score (nSPS) is 11.5. The van der Waals surface area contributed by atoms with Gasteiger partial charge in [-0.2, -0.15) is 0 Å². The van der Waals surface area contributed by atoms with Crippen LogP contribution in [0.25, 0.3) is 0 Å². The minimum atomic E-state index is -0.767. The Hall–Kier alpha value is -3.44. The lowest BCUT2D eigenvalue weighted by Gasteiger charge is -2.32. The van der Waals surface area contributed by atoms with Crippen LogP contribution in [0.1, 0.15) is 29.2 Å². The van der Waals surface area contributed by atoms with E-state index < -0.39 is 6.04 Å².